The van der Waals surface area contributed by atoms with Crippen LogP contribution in [0.2, 0.25) is 0 Å². The highest BCUT2D eigenvalue weighted by Crippen LogP contribution is 2.15. The summed E-state index contributed by atoms with van der Waals surface area (Å²) in [5.41, 5.74) is 0. The summed E-state index contributed by atoms with van der Waals surface area (Å²) in [5.74, 6) is 3.58. The van der Waals surface area contributed by atoms with Gasteiger partial charge < -0.3 is 0 Å². The molecule has 0 N–H and O–H groups in total. The lowest BCUT2D eigenvalue weighted by Gasteiger charge is -2.09. The van der Waals surface area contributed by atoms with Crippen molar-refractivity contribution in [2.24, 2.45) is 5.92 Å². The Balaban J connectivity index is 3.19. The summed E-state index contributed by atoms with van der Waals surface area (Å²) in [7, 11) is 0. The summed E-state index contributed by atoms with van der Waals surface area (Å²) in [5, 5.41) is 0. The highest BCUT2D eigenvalue weighted by molar-refractivity contribution is 4.83. The van der Waals surface area contributed by atoms with Crippen molar-refractivity contribution in [1.29, 1.82) is 0 Å². The van der Waals surface area contributed by atoms with E-state index in [1.165, 1.54) is 25.7 Å². The number of unbranched alkanes of at least 4 members (excludes halogenated alkanes) is 1. The van der Waals surface area contributed by atoms with Crippen LogP contribution in [0, 0.1) is 18.3 Å². The van der Waals surface area contributed by atoms with Gasteiger partial charge in [-0.1, -0.05) is 26.7 Å². The number of hydrogen-bond donors (Lipinski definition) is 0. The van der Waals surface area contributed by atoms with Crippen LogP contribution in [0.25, 0.3) is 0 Å². The third-order valence-electron chi connectivity index (χ3n) is 2.09. The minimum atomic E-state index is 0.911. The molecule has 0 aromatic carbocycles. The van der Waals surface area contributed by atoms with Gasteiger partial charge in [-0.25, -0.2) is 0 Å². The summed E-state index contributed by atoms with van der Waals surface area (Å²) in [6.45, 7) is 4.51. The van der Waals surface area contributed by atoms with Crippen molar-refractivity contribution in [3.05, 3.63) is 0 Å². The van der Waals surface area contributed by atoms with E-state index >= 15 is 0 Å². The summed E-state index contributed by atoms with van der Waals surface area (Å²) in [4.78, 5) is 0. The van der Waals surface area contributed by atoms with Crippen molar-refractivity contribution in [3.8, 4) is 12.3 Å². The molecule has 0 bridgehead atoms. The van der Waals surface area contributed by atoms with E-state index in [0.717, 1.165) is 12.3 Å². The molecule has 0 saturated carbocycles. The van der Waals surface area contributed by atoms with Crippen molar-refractivity contribution < 1.29 is 0 Å². The Labute approximate surface area is 65.0 Å². The Morgan fingerprint density at radius 1 is 1.30 bits per heavy atom. The van der Waals surface area contributed by atoms with Gasteiger partial charge >= 0.3 is 0 Å². The molecule has 0 spiro atoms. The largest absolute Gasteiger partial charge is 0.120 e. The molecule has 0 radical (unpaired) electrons. The molecule has 0 heteroatoms. The summed E-state index contributed by atoms with van der Waals surface area (Å²) in [6.07, 6.45) is 11.2. The monoisotopic (exact) mass is 138 g/mol. The zero-order valence-electron chi connectivity index (χ0n) is 7.19. The van der Waals surface area contributed by atoms with Crippen LogP contribution in [0.3, 0.4) is 0 Å². The summed E-state index contributed by atoms with van der Waals surface area (Å²) < 4.78 is 0. The van der Waals surface area contributed by atoms with Crippen molar-refractivity contribution in [2.45, 2.75) is 46.0 Å². The van der Waals surface area contributed by atoms with E-state index in [9.17, 15) is 0 Å². The highest BCUT2D eigenvalue weighted by atomic mass is 14.1. The molecule has 0 aromatic heterocycles. The fraction of sp³-hybridized carbons (Fsp3) is 0.800. The Bertz CT molecular complexity index is 93.1. The molecule has 0 nitrogen and oxygen atoms in total. The smallest absolute Gasteiger partial charge is 0.00861 e. The van der Waals surface area contributed by atoms with E-state index in [0.29, 0.717) is 0 Å². The maximum Gasteiger partial charge on any atom is 0.00861 e. The van der Waals surface area contributed by atoms with E-state index in [1.807, 2.05) is 0 Å². The Morgan fingerprint density at radius 3 is 2.30 bits per heavy atom. The fourth-order valence-corrected chi connectivity index (χ4v) is 1.19. The average molecular weight is 138 g/mol. The van der Waals surface area contributed by atoms with Gasteiger partial charge in [-0.15, -0.1) is 12.3 Å². The third kappa shape index (κ3) is 4.44. The van der Waals surface area contributed by atoms with Crippen LogP contribution in [0.1, 0.15) is 46.0 Å². The van der Waals surface area contributed by atoms with Gasteiger partial charge in [0.15, 0.2) is 0 Å². The molecule has 0 unspecified atom stereocenters. The molecule has 58 valence electrons. The molecule has 0 amide bonds. The average Bonchev–Trinajstić information content (AvgIpc) is 1.99. The van der Waals surface area contributed by atoms with Crippen LogP contribution in [-0.2, 0) is 0 Å². The Morgan fingerprint density at radius 2 is 1.90 bits per heavy atom. The normalized spacial score (nSPS) is 9.80. The van der Waals surface area contributed by atoms with E-state index in [4.69, 9.17) is 6.42 Å². The molecule has 0 aromatic rings. The topological polar surface area (TPSA) is 0 Å². The predicted octanol–water partition coefficient (Wildman–Crippen LogP) is 3.23. The molecule has 0 saturated heterocycles. The van der Waals surface area contributed by atoms with Crippen LogP contribution in [-0.4, -0.2) is 0 Å². The lowest BCUT2D eigenvalue weighted by atomic mass is 9.97. The lowest BCUT2D eigenvalue weighted by Crippen LogP contribution is -1.95. The number of terminal acetylenes is 1. The van der Waals surface area contributed by atoms with Crippen LogP contribution in [0.4, 0.5) is 0 Å². The second-order valence-electron chi connectivity index (χ2n) is 2.78. The second kappa shape index (κ2) is 6.68. The first-order valence-corrected chi connectivity index (χ1v) is 4.28. The lowest BCUT2D eigenvalue weighted by molar-refractivity contribution is 0.444. The molecule has 0 aliphatic rings. The molecule has 0 heterocycles. The van der Waals surface area contributed by atoms with Gasteiger partial charge in [0.25, 0.3) is 0 Å². The molecule has 0 rings (SSSR count). The van der Waals surface area contributed by atoms with Crippen molar-refractivity contribution in [1.82, 2.24) is 0 Å². The number of rotatable bonds is 5. The fourth-order valence-electron chi connectivity index (χ4n) is 1.19. The van der Waals surface area contributed by atoms with Gasteiger partial charge in [-0.3, -0.25) is 0 Å². The van der Waals surface area contributed by atoms with Crippen LogP contribution < -0.4 is 0 Å². The SMILES string of the molecule is C#CCCCC(CC)CC. The Kier molecular flexibility index (Phi) is 6.38. The molecule has 0 atom stereocenters. The second-order valence-corrected chi connectivity index (χ2v) is 2.78. The quantitative estimate of drug-likeness (QED) is 0.404. The summed E-state index contributed by atoms with van der Waals surface area (Å²) >= 11 is 0. The van der Waals surface area contributed by atoms with Gasteiger partial charge in [-0.05, 0) is 18.8 Å². The van der Waals surface area contributed by atoms with E-state index in [-0.39, 0.29) is 0 Å². The van der Waals surface area contributed by atoms with Crippen LogP contribution in [0.15, 0.2) is 0 Å². The molecular weight excluding hydrogens is 120 g/mol. The zero-order chi connectivity index (χ0) is 7.82. The molecule has 10 heavy (non-hydrogen) atoms. The molecule has 0 aliphatic carbocycles. The van der Waals surface area contributed by atoms with E-state index in [2.05, 4.69) is 19.8 Å². The van der Waals surface area contributed by atoms with Crippen LogP contribution in [0.5, 0.6) is 0 Å². The molecule has 0 fully saturated rings. The van der Waals surface area contributed by atoms with Crippen molar-refractivity contribution in [3.63, 3.8) is 0 Å². The predicted molar refractivity (Wildman–Crippen MR) is 46.8 cm³/mol. The maximum atomic E-state index is 5.15. The molecule has 0 aliphatic heterocycles. The van der Waals surface area contributed by atoms with Crippen molar-refractivity contribution in [2.75, 3.05) is 0 Å². The van der Waals surface area contributed by atoms with E-state index in [1.54, 1.807) is 0 Å². The van der Waals surface area contributed by atoms with Gasteiger partial charge in [-0.2, -0.15) is 0 Å². The van der Waals surface area contributed by atoms with Gasteiger partial charge in [0.2, 0.25) is 0 Å². The van der Waals surface area contributed by atoms with Gasteiger partial charge in [0, 0.05) is 6.42 Å². The first-order valence-electron chi connectivity index (χ1n) is 4.28. The van der Waals surface area contributed by atoms with E-state index < -0.39 is 0 Å². The maximum absolute atomic E-state index is 5.15. The zero-order valence-corrected chi connectivity index (χ0v) is 7.19. The minimum absolute atomic E-state index is 0.911. The minimum Gasteiger partial charge on any atom is -0.120 e. The Hall–Kier alpha value is -0.440. The summed E-state index contributed by atoms with van der Waals surface area (Å²) in [6, 6.07) is 0. The van der Waals surface area contributed by atoms with Gasteiger partial charge in [0.1, 0.15) is 0 Å². The van der Waals surface area contributed by atoms with Crippen LogP contribution >= 0.6 is 0 Å². The number of hydrogen-bond acceptors (Lipinski definition) is 0. The van der Waals surface area contributed by atoms with Crippen molar-refractivity contribution >= 4 is 0 Å². The standard InChI is InChI=1S/C10H18/c1-4-7-8-9-10(5-2)6-3/h1,10H,5-9H2,2-3H3. The first kappa shape index (κ1) is 9.56. The highest BCUT2D eigenvalue weighted by Gasteiger charge is 2.00. The first-order chi connectivity index (χ1) is 4.85. The third-order valence-corrected chi connectivity index (χ3v) is 2.09. The van der Waals surface area contributed by atoms with Gasteiger partial charge in [0.05, 0.1) is 0 Å². The molecular formula is C10H18.